The molecule has 3 aromatic rings. The number of thioether (sulfide) groups is 1. The number of benzene rings is 2. The molecule has 2 N–H and O–H groups in total. The van der Waals surface area contributed by atoms with E-state index in [2.05, 4.69) is 23.8 Å². The first kappa shape index (κ1) is 18.2. The van der Waals surface area contributed by atoms with E-state index in [4.69, 9.17) is 4.74 Å². The van der Waals surface area contributed by atoms with Crippen molar-refractivity contribution in [1.29, 1.82) is 0 Å². The minimum absolute atomic E-state index is 0.121. The average molecular weight is 388 g/mol. The highest BCUT2D eigenvalue weighted by molar-refractivity contribution is 8.08. The van der Waals surface area contributed by atoms with Crippen molar-refractivity contribution in [3.63, 3.8) is 0 Å². The number of carbonyl (C=O) groups excluding carboxylic acids is 1. The molecular weight excluding hydrogens is 368 g/mol. The highest BCUT2D eigenvalue weighted by Crippen LogP contribution is 2.45. The number of rotatable bonds is 5. The summed E-state index contributed by atoms with van der Waals surface area (Å²) in [6, 6.07) is 15.9. The lowest BCUT2D eigenvalue weighted by molar-refractivity contribution is -0.110. The van der Waals surface area contributed by atoms with Crippen molar-refractivity contribution in [3.05, 3.63) is 83.7 Å². The molecule has 1 amide bonds. The molecule has 0 bridgehead atoms. The van der Waals surface area contributed by atoms with Crippen molar-refractivity contribution >= 4 is 39.9 Å². The van der Waals surface area contributed by atoms with Gasteiger partial charge in [0.05, 0.1) is 24.1 Å². The number of anilines is 1. The summed E-state index contributed by atoms with van der Waals surface area (Å²) in [5.74, 6) is 0.578. The largest absolute Gasteiger partial charge is 0.495 e. The lowest BCUT2D eigenvalue weighted by atomic mass is 10.0. The van der Waals surface area contributed by atoms with Crippen LogP contribution in [-0.2, 0) is 4.79 Å². The van der Waals surface area contributed by atoms with Gasteiger partial charge in [0.2, 0.25) is 0 Å². The quantitative estimate of drug-likeness (QED) is 0.443. The van der Waals surface area contributed by atoms with Crippen molar-refractivity contribution < 1.29 is 9.53 Å². The van der Waals surface area contributed by atoms with Gasteiger partial charge in [-0.15, -0.1) is 0 Å². The Balaban J connectivity index is 1.80. The van der Waals surface area contributed by atoms with E-state index in [1.807, 2.05) is 54.6 Å². The van der Waals surface area contributed by atoms with Gasteiger partial charge in [-0.1, -0.05) is 54.7 Å². The Morgan fingerprint density at radius 3 is 2.68 bits per heavy atom. The number of methoxy groups -OCH3 is 1. The fraction of sp³-hybridized carbons (Fsp3) is 0.0870. The zero-order valence-corrected chi connectivity index (χ0v) is 16.5. The molecule has 5 heteroatoms. The third kappa shape index (κ3) is 3.25. The predicted octanol–water partition coefficient (Wildman–Crippen LogP) is 5.59. The number of nitrogens with one attached hydrogen (secondary N) is 2. The van der Waals surface area contributed by atoms with Crippen molar-refractivity contribution in [3.8, 4) is 5.75 Å². The smallest absolute Gasteiger partial charge is 0.256 e. The monoisotopic (exact) mass is 388 g/mol. The van der Waals surface area contributed by atoms with Crippen LogP contribution in [0.1, 0.15) is 22.4 Å². The molecule has 4 nitrogen and oxygen atoms in total. The topological polar surface area (TPSA) is 54.1 Å². The molecule has 1 aromatic heterocycles. The zero-order valence-electron chi connectivity index (χ0n) is 15.7. The van der Waals surface area contributed by atoms with Crippen molar-refractivity contribution in [2.24, 2.45) is 0 Å². The molecule has 0 spiro atoms. The highest BCUT2D eigenvalue weighted by Gasteiger charge is 2.29. The molecule has 2 aromatic carbocycles. The van der Waals surface area contributed by atoms with Crippen LogP contribution in [0.3, 0.4) is 0 Å². The Kier molecular flexibility index (Phi) is 4.84. The number of carbonyl (C=O) groups is 1. The Hall–Kier alpha value is -3.18. The van der Waals surface area contributed by atoms with Crippen molar-refractivity contribution in [1.82, 2.24) is 4.98 Å². The number of aromatic amines is 1. The van der Waals surface area contributed by atoms with Gasteiger partial charge in [0.25, 0.3) is 5.91 Å². The van der Waals surface area contributed by atoms with E-state index >= 15 is 0 Å². The maximum atomic E-state index is 12.7. The number of hydrogen-bond acceptors (Lipinski definition) is 3. The summed E-state index contributed by atoms with van der Waals surface area (Å²) in [5.41, 5.74) is 5.27. The minimum Gasteiger partial charge on any atom is -0.495 e. The highest BCUT2D eigenvalue weighted by atomic mass is 32.2. The number of H-pyrrole nitrogens is 1. The van der Waals surface area contributed by atoms with Crippen molar-refractivity contribution in [2.45, 2.75) is 11.8 Å². The van der Waals surface area contributed by atoms with Crippen LogP contribution >= 0.6 is 11.8 Å². The molecule has 140 valence electrons. The molecule has 0 radical (unpaired) electrons. The summed E-state index contributed by atoms with van der Waals surface area (Å²) < 4.78 is 5.37. The molecule has 0 saturated heterocycles. The number of ether oxygens (including phenoxy) is 1. The molecule has 0 aliphatic carbocycles. The van der Waals surface area contributed by atoms with E-state index in [1.165, 1.54) is 0 Å². The molecule has 1 aliphatic rings. The second-order valence-corrected chi connectivity index (χ2v) is 7.60. The fourth-order valence-electron chi connectivity index (χ4n) is 3.24. The Morgan fingerprint density at radius 1 is 1.14 bits per heavy atom. The van der Waals surface area contributed by atoms with Crippen molar-refractivity contribution in [2.75, 3.05) is 12.4 Å². The molecule has 1 aliphatic heterocycles. The first-order valence-corrected chi connectivity index (χ1v) is 9.70. The average Bonchev–Trinajstić information content (AvgIpc) is 3.29. The molecule has 0 unspecified atom stereocenters. The van der Waals surface area contributed by atoms with E-state index in [1.54, 1.807) is 25.1 Å². The third-order valence-electron chi connectivity index (χ3n) is 4.69. The lowest BCUT2D eigenvalue weighted by Gasteiger charge is -2.13. The molecule has 0 fully saturated rings. The van der Waals surface area contributed by atoms with Gasteiger partial charge in [-0.3, -0.25) is 4.79 Å². The van der Waals surface area contributed by atoms with E-state index < -0.39 is 0 Å². The van der Waals surface area contributed by atoms with Crippen LogP contribution in [0.15, 0.2) is 66.2 Å². The standard InChI is InChI=1S/C23H20N2O2S/c1-14-9-10-18-21(22(14)28-15(2)16-7-5-4-6-8-16)17(23(26)25-18)13-19-20(27-3)11-12-24-19/h4-13,24H,2H2,1,3H3,(H,25,26)/b17-13-. The molecule has 2 heterocycles. The number of fused-ring (bicyclic) bond motifs is 1. The van der Waals surface area contributed by atoms with Crippen LogP contribution in [0.4, 0.5) is 5.69 Å². The molecule has 28 heavy (non-hydrogen) atoms. The summed E-state index contributed by atoms with van der Waals surface area (Å²) in [5, 5.41) is 2.97. The number of hydrogen-bond donors (Lipinski definition) is 2. The van der Waals surface area contributed by atoms with Crippen LogP contribution in [-0.4, -0.2) is 18.0 Å². The first-order chi connectivity index (χ1) is 13.6. The van der Waals surface area contributed by atoms with Gasteiger partial charge in [-0.25, -0.2) is 0 Å². The minimum atomic E-state index is -0.121. The summed E-state index contributed by atoms with van der Waals surface area (Å²) in [6.07, 6.45) is 3.64. The Labute approximate surface area is 168 Å². The Morgan fingerprint density at radius 2 is 1.93 bits per heavy atom. The van der Waals surface area contributed by atoms with E-state index in [9.17, 15) is 4.79 Å². The summed E-state index contributed by atoms with van der Waals surface area (Å²) in [4.78, 5) is 17.8. The second kappa shape index (κ2) is 7.44. The predicted molar refractivity (Wildman–Crippen MR) is 116 cm³/mol. The van der Waals surface area contributed by atoms with E-state index in [-0.39, 0.29) is 5.91 Å². The molecule has 0 atom stereocenters. The number of aromatic nitrogens is 1. The third-order valence-corrected chi connectivity index (χ3v) is 5.90. The van der Waals surface area contributed by atoms with E-state index in [0.29, 0.717) is 11.3 Å². The second-order valence-electron chi connectivity index (χ2n) is 6.50. The van der Waals surface area contributed by atoms with Gasteiger partial charge in [-0.05, 0) is 36.3 Å². The maximum absolute atomic E-state index is 12.7. The lowest BCUT2D eigenvalue weighted by Crippen LogP contribution is -2.03. The normalized spacial score (nSPS) is 14.1. The Bertz CT molecular complexity index is 1100. The molecule has 4 rings (SSSR count). The van der Waals surface area contributed by atoms with Gasteiger partial charge < -0.3 is 15.0 Å². The molecular formula is C23H20N2O2S. The van der Waals surface area contributed by atoms with Crippen LogP contribution in [0.25, 0.3) is 16.6 Å². The summed E-state index contributed by atoms with van der Waals surface area (Å²) in [7, 11) is 1.61. The van der Waals surface area contributed by atoms with E-state index in [0.717, 1.165) is 37.9 Å². The maximum Gasteiger partial charge on any atom is 0.256 e. The number of amides is 1. The fourth-order valence-corrected chi connectivity index (χ4v) is 4.29. The molecule has 0 saturated carbocycles. The van der Waals surface area contributed by atoms with Crippen LogP contribution in [0, 0.1) is 6.92 Å². The van der Waals surface area contributed by atoms with Gasteiger partial charge in [0, 0.05) is 21.6 Å². The van der Waals surface area contributed by atoms with Gasteiger partial charge in [0.1, 0.15) is 5.75 Å². The zero-order chi connectivity index (χ0) is 19.7. The van der Waals surface area contributed by atoms with Crippen LogP contribution in [0.2, 0.25) is 0 Å². The van der Waals surface area contributed by atoms with Crippen LogP contribution < -0.4 is 10.1 Å². The van der Waals surface area contributed by atoms with Crippen LogP contribution in [0.5, 0.6) is 5.75 Å². The summed E-state index contributed by atoms with van der Waals surface area (Å²) >= 11 is 1.59. The summed E-state index contributed by atoms with van der Waals surface area (Å²) in [6.45, 7) is 6.30. The van der Waals surface area contributed by atoms with Gasteiger partial charge in [0.15, 0.2) is 0 Å². The van der Waals surface area contributed by atoms with Gasteiger partial charge in [-0.2, -0.15) is 0 Å². The first-order valence-electron chi connectivity index (χ1n) is 8.89. The van der Waals surface area contributed by atoms with Gasteiger partial charge >= 0.3 is 0 Å². The SMILES string of the molecule is C=C(Sc1c(C)ccc2c1/C(=C/c1[nH]ccc1OC)C(=O)N2)c1ccccc1. The number of aryl methyl sites for hydroxylation is 1.